The summed E-state index contributed by atoms with van der Waals surface area (Å²) in [4.78, 5) is 12.1. The van der Waals surface area contributed by atoms with Crippen LogP contribution in [0.5, 0.6) is 23.0 Å². The molecule has 0 fully saturated rings. The van der Waals surface area contributed by atoms with Crippen LogP contribution < -0.4 is 18.9 Å². The van der Waals surface area contributed by atoms with Gasteiger partial charge in [0.15, 0.2) is 28.8 Å². The molecule has 6 heteroatoms. The van der Waals surface area contributed by atoms with Crippen molar-refractivity contribution in [2.24, 2.45) is 0 Å². The molecule has 1 atom stereocenters. The lowest BCUT2D eigenvalue weighted by Gasteiger charge is -2.08. The Balaban J connectivity index is 1.96. The minimum Gasteiger partial charge on any atom is -0.493 e. The van der Waals surface area contributed by atoms with Crippen LogP contribution in [0.4, 0.5) is 0 Å². The van der Waals surface area contributed by atoms with E-state index in [4.69, 9.17) is 18.9 Å². The molecule has 1 N–H and O–H groups in total. The van der Waals surface area contributed by atoms with Gasteiger partial charge in [0.2, 0.25) is 0 Å². The van der Waals surface area contributed by atoms with E-state index in [0.717, 1.165) is 11.1 Å². The van der Waals surface area contributed by atoms with E-state index in [2.05, 4.69) is 0 Å². The van der Waals surface area contributed by atoms with E-state index in [1.165, 1.54) is 6.08 Å². The number of allylic oxidation sites excluding steroid dienone is 1. The van der Waals surface area contributed by atoms with Gasteiger partial charge >= 0.3 is 0 Å². The van der Waals surface area contributed by atoms with Gasteiger partial charge in [-0.15, -0.1) is 0 Å². The van der Waals surface area contributed by atoms with E-state index in [-0.39, 0.29) is 12.2 Å². The topological polar surface area (TPSA) is 74.2 Å². The fraction of sp³-hybridized carbons (Fsp3) is 0.261. The number of benzene rings is 2. The molecule has 29 heavy (non-hydrogen) atoms. The molecule has 0 radical (unpaired) electrons. The Morgan fingerprint density at radius 3 is 1.79 bits per heavy atom. The predicted octanol–water partition coefficient (Wildman–Crippen LogP) is 3.77. The van der Waals surface area contributed by atoms with Crippen molar-refractivity contribution in [3.05, 3.63) is 59.7 Å². The normalized spacial score (nSPS) is 12.2. The van der Waals surface area contributed by atoms with Gasteiger partial charge in [0.25, 0.3) is 0 Å². The Bertz CT molecular complexity index is 885. The number of carbonyl (C=O) groups is 1. The van der Waals surface area contributed by atoms with Crippen molar-refractivity contribution in [2.45, 2.75) is 12.5 Å². The van der Waals surface area contributed by atoms with Crippen LogP contribution in [0, 0.1) is 0 Å². The predicted molar refractivity (Wildman–Crippen MR) is 113 cm³/mol. The van der Waals surface area contributed by atoms with E-state index in [9.17, 15) is 9.90 Å². The Hall–Kier alpha value is -3.25. The van der Waals surface area contributed by atoms with Crippen molar-refractivity contribution < 1.29 is 28.8 Å². The number of hydrogen-bond acceptors (Lipinski definition) is 6. The number of hydrogen-bond donors (Lipinski definition) is 1. The van der Waals surface area contributed by atoms with Crippen LogP contribution in [0.15, 0.2) is 48.6 Å². The molecular weight excluding hydrogens is 372 g/mol. The first-order chi connectivity index (χ1) is 14.0. The summed E-state index contributed by atoms with van der Waals surface area (Å²) >= 11 is 0. The molecule has 154 valence electrons. The first-order valence-corrected chi connectivity index (χ1v) is 9.02. The maximum atomic E-state index is 12.1. The molecule has 2 rings (SSSR count). The number of rotatable bonds is 10. The highest BCUT2D eigenvalue weighted by atomic mass is 16.5. The number of methoxy groups -OCH3 is 4. The molecule has 0 saturated carbocycles. The van der Waals surface area contributed by atoms with Crippen molar-refractivity contribution in [2.75, 3.05) is 28.4 Å². The lowest BCUT2D eigenvalue weighted by molar-refractivity contribution is -0.115. The average Bonchev–Trinajstić information content (AvgIpc) is 2.75. The Labute approximate surface area is 171 Å². The molecule has 0 bridgehead atoms. The third-order valence-corrected chi connectivity index (χ3v) is 4.20. The standard InChI is InChI=1S/C23H26O6/c1-26-20-11-7-16(13-22(20)28-3)5-9-18(24)15-19(25)10-6-17-8-12-21(27-2)23(14-17)29-4/h5-14,18,24H,15H2,1-4H3/b9-5+,10-6+. The zero-order valence-electron chi connectivity index (χ0n) is 17.0. The van der Waals surface area contributed by atoms with Gasteiger partial charge in [-0.3, -0.25) is 4.79 Å². The summed E-state index contributed by atoms with van der Waals surface area (Å²) < 4.78 is 20.9. The van der Waals surface area contributed by atoms with E-state index in [1.807, 2.05) is 12.1 Å². The Morgan fingerprint density at radius 2 is 1.31 bits per heavy atom. The monoisotopic (exact) mass is 398 g/mol. The van der Waals surface area contributed by atoms with Crippen LogP contribution in [0.1, 0.15) is 17.5 Å². The van der Waals surface area contributed by atoms with Gasteiger partial charge in [0, 0.05) is 6.42 Å². The molecule has 0 aliphatic heterocycles. The zero-order chi connectivity index (χ0) is 21.2. The number of aliphatic hydroxyl groups is 1. The molecule has 0 spiro atoms. The molecular formula is C23H26O6. The number of aliphatic hydroxyl groups excluding tert-OH is 1. The van der Waals surface area contributed by atoms with E-state index in [1.54, 1.807) is 70.9 Å². The van der Waals surface area contributed by atoms with Gasteiger partial charge in [-0.05, 0) is 41.5 Å². The number of ether oxygens (including phenoxy) is 4. The minimum atomic E-state index is -0.898. The summed E-state index contributed by atoms with van der Waals surface area (Å²) in [5, 5.41) is 10.1. The quantitative estimate of drug-likeness (QED) is 0.614. The molecule has 2 aromatic rings. The van der Waals surface area contributed by atoms with Gasteiger partial charge in [0.1, 0.15) is 0 Å². The first kappa shape index (κ1) is 22.0. The highest BCUT2D eigenvalue weighted by Crippen LogP contribution is 2.29. The van der Waals surface area contributed by atoms with Crippen molar-refractivity contribution in [1.29, 1.82) is 0 Å². The van der Waals surface area contributed by atoms with Crippen molar-refractivity contribution in [3.8, 4) is 23.0 Å². The second kappa shape index (κ2) is 10.9. The minimum absolute atomic E-state index is 0.0203. The van der Waals surface area contributed by atoms with Crippen molar-refractivity contribution in [1.82, 2.24) is 0 Å². The average molecular weight is 398 g/mol. The number of carbonyl (C=O) groups excluding carboxylic acids is 1. The molecule has 0 aliphatic rings. The van der Waals surface area contributed by atoms with Crippen LogP contribution in [0.2, 0.25) is 0 Å². The summed E-state index contributed by atoms with van der Waals surface area (Å²) in [7, 11) is 6.24. The largest absolute Gasteiger partial charge is 0.493 e. The molecule has 6 nitrogen and oxygen atoms in total. The second-order valence-corrected chi connectivity index (χ2v) is 6.16. The second-order valence-electron chi connectivity index (χ2n) is 6.16. The van der Waals surface area contributed by atoms with Crippen molar-refractivity contribution >= 4 is 17.9 Å². The smallest absolute Gasteiger partial charge is 0.161 e. The third kappa shape index (κ3) is 6.40. The summed E-state index contributed by atoms with van der Waals surface area (Å²) in [6.45, 7) is 0. The molecule has 2 aromatic carbocycles. The van der Waals surface area contributed by atoms with E-state index in [0.29, 0.717) is 23.0 Å². The lowest BCUT2D eigenvalue weighted by Crippen LogP contribution is -2.08. The third-order valence-electron chi connectivity index (χ3n) is 4.20. The summed E-state index contributed by atoms with van der Waals surface area (Å²) in [5.74, 6) is 2.23. The van der Waals surface area contributed by atoms with Crippen LogP contribution in [0.3, 0.4) is 0 Å². The Kier molecular flexibility index (Phi) is 8.30. The van der Waals surface area contributed by atoms with E-state index >= 15 is 0 Å². The molecule has 0 aliphatic carbocycles. The summed E-state index contributed by atoms with van der Waals surface area (Å²) in [5.41, 5.74) is 1.63. The van der Waals surface area contributed by atoms with Gasteiger partial charge in [-0.1, -0.05) is 30.4 Å². The van der Waals surface area contributed by atoms with Crippen molar-refractivity contribution in [3.63, 3.8) is 0 Å². The first-order valence-electron chi connectivity index (χ1n) is 9.02. The zero-order valence-corrected chi connectivity index (χ0v) is 17.0. The van der Waals surface area contributed by atoms with Crippen LogP contribution in [-0.4, -0.2) is 45.4 Å². The maximum absolute atomic E-state index is 12.1. The van der Waals surface area contributed by atoms with Crippen LogP contribution in [-0.2, 0) is 4.79 Å². The Morgan fingerprint density at radius 1 is 0.828 bits per heavy atom. The fourth-order valence-electron chi connectivity index (χ4n) is 2.67. The lowest BCUT2D eigenvalue weighted by atomic mass is 10.1. The molecule has 0 amide bonds. The SMILES string of the molecule is COc1ccc(/C=C/C(=O)CC(O)/C=C/c2ccc(OC)c(OC)c2)cc1OC. The highest BCUT2D eigenvalue weighted by Gasteiger charge is 2.07. The van der Waals surface area contributed by atoms with Gasteiger partial charge in [-0.2, -0.15) is 0 Å². The molecule has 0 saturated heterocycles. The molecule has 1 unspecified atom stereocenters. The number of ketones is 1. The van der Waals surface area contributed by atoms with E-state index < -0.39 is 6.10 Å². The maximum Gasteiger partial charge on any atom is 0.161 e. The molecule has 0 heterocycles. The van der Waals surface area contributed by atoms with Gasteiger partial charge in [0.05, 0.1) is 34.5 Å². The van der Waals surface area contributed by atoms with Gasteiger partial charge < -0.3 is 24.1 Å². The summed E-state index contributed by atoms with van der Waals surface area (Å²) in [6, 6.07) is 10.8. The highest BCUT2D eigenvalue weighted by molar-refractivity contribution is 5.94. The van der Waals surface area contributed by atoms with Crippen LogP contribution in [0.25, 0.3) is 12.2 Å². The molecule has 0 aromatic heterocycles. The van der Waals surface area contributed by atoms with Gasteiger partial charge in [-0.25, -0.2) is 0 Å². The van der Waals surface area contributed by atoms with Crippen LogP contribution >= 0.6 is 0 Å². The fourth-order valence-corrected chi connectivity index (χ4v) is 2.67. The summed E-state index contributed by atoms with van der Waals surface area (Å²) in [6.07, 6.45) is 5.50.